The Hall–Kier alpha value is -3.79. The second-order valence-electron chi connectivity index (χ2n) is 8.82. The van der Waals surface area contributed by atoms with Gasteiger partial charge in [0, 0.05) is 25.8 Å². The SMILES string of the molecule is C=CC(=O)N1CCN(c2cnc3[nH]cc(C(=O)N[C@@H](CO)c4cccc(F)c4)c3n2)CC1(C)C. The summed E-state index contributed by atoms with van der Waals surface area (Å²) in [5.41, 5.74) is 1.10. The van der Waals surface area contributed by atoms with Gasteiger partial charge in [-0.25, -0.2) is 14.4 Å². The molecule has 0 unspecified atom stereocenters. The van der Waals surface area contributed by atoms with Crippen LogP contribution in [0.4, 0.5) is 10.2 Å². The lowest BCUT2D eigenvalue weighted by atomic mass is 9.98. The molecule has 0 aliphatic carbocycles. The average Bonchev–Trinajstić information content (AvgIpc) is 3.24. The fourth-order valence-corrected chi connectivity index (χ4v) is 4.27. The summed E-state index contributed by atoms with van der Waals surface area (Å²) in [5, 5.41) is 12.5. The number of carbonyl (C=O) groups is 2. The van der Waals surface area contributed by atoms with E-state index in [9.17, 15) is 19.1 Å². The number of nitrogens with zero attached hydrogens (tertiary/aromatic N) is 4. The third kappa shape index (κ3) is 4.49. The van der Waals surface area contributed by atoms with E-state index >= 15 is 0 Å². The first-order valence-electron chi connectivity index (χ1n) is 10.9. The number of carbonyl (C=O) groups excluding carboxylic acids is 2. The molecule has 0 bridgehead atoms. The molecule has 1 aliphatic rings. The lowest BCUT2D eigenvalue weighted by molar-refractivity contribution is -0.131. The van der Waals surface area contributed by atoms with E-state index < -0.39 is 29.9 Å². The van der Waals surface area contributed by atoms with E-state index in [4.69, 9.17) is 0 Å². The van der Waals surface area contributed by atoms with Crippen molar-refractivity contribution in [2.45, 2.75) is 25.4 Å². The minimum absolute atomic E-state index is 0.118. The van der Waals surface area contributed by atoms with Crippen LogP contribution in [0, 0.1) is 5.82 Å². The minimum Gasteiger partial charge on any atom is -0.394 e. The van der Waals surface area contributed by atoms with Crippen molar-refractivity contribution >= 4 is 28.8 Å². The van der Waals surface area contributed by atoms with Crippen LogP contribution in [0.5, 0.6) is 0 Å². The first-order chi connectivity index (χ1) is 16.2. The Morgan fingerprint density at radius 3 is 2.85 bits per heavy atom. The Balaban J connectivity index is 1.57. The number of aliphatic hydroxyl groups excluding tert-OH is 1. The van der Waals surface area contributed by atoms with Crippen molar-refractivity contribution in [3.63, 3.8) is 0 Å². The van der Waals surface area contributed by atoms with Gasteiger partial charge in [0.1, 0.15) is 17.2 Å². The van der Waals surface area contributed by atoms with Crippen molar-refractivity contribution in [3.8, 4) is 0 Å². The van der Waals surface area contributed by atoms with Crippen LogP contribution in [0.2, 0.25) is 0 Å². The number of hydrogen-bond donors (Lipinski definition) is 3. The maximum atomic E-state index is 13.6. The number of aromatic amines is 1. The van der Waals surface area contributed by atoms with Crippen LogP contribution in [0.25, 0.3) is 11.2 Å². The van der Waals surface area contributed by atoms with Crippen LogP contribution in [0.15, 0.2) is 49.3 Å². The number of aliphatic hydroxyl groups is 1. The highest BCUT2D eigenvalue weighted by molar-refractivity contribution is 6.04. The molecule has 1 saturated heterocycles. The predicted octanol–water partition coefficient (Wildman–Crippen LogP) is 2.17. The van der Waals surface area contributed by atoms with Crippen molar-refractivity contribution in [3.05, 3.63) is 66.3 Å². The van der Waals surface area contributed by atoms with Crippen LogP contribution < -0.4 is 10.2 Å². The molecule has 1 atom stereocenters. The zero-order chi connectivity index (χ0) is 24.5. The highest BCUT2D eigenvalue weighted by atomic mass is 19.1. The van der Waals surface area contributed by atoms with Crippen molar-refractivity contribution in [2.24, 2.45) is 0 Å². The number of amides is 2. The fraction of sp³-hybridized carbons (Fsp3) is 0.333. The van der Waals surface area contributed by atoms with Crippen molar-refractivity contribution in [1.29, 1.82) is 0 Å². The topological polar surface area (TPSA) is 114 Å². The van der Waals surface area contributed by atoms with Gasteiger partial charge in [0.05, 0.1) is 29.9 Å². The third-order valence-corrected chi connectivity index (χ3v) is 6.02. The monoisotopic (exact) mass is 466 g/mol. The number of anilines is 1. The summed E-state index contributed by atoms with van der Waals surface area (Å²) >= 11 is 0. The highest BCUT2D eigenvalue weighted by Crippen LogP contribution is 2.26. The van der Waals surface area contributed by atoms with Gasteiger partial charge < -0.3 is 25.2 Å². The molecule has 1 aliphatic heterocycles. The van der Waals surface area contributed by atoms with Crippen LogP contribution in [-0.2, 0) is 4.79 Å². The van der Waals surface area contributed by atoms with E-state index in [1.807, 2.05) is 18.7 Å². The number of fused-ring (bicyclic) bond motifs is 1. The largest absolute Gasteiger partial charge is 0.394 e. The zero-order valence-electron chi connectivity index (χ0n) is 19.1. The summed E-state index contributed by atoms with van der Waals surface area (Å²) in [4.78, 5) is 41.1. The molecule has 1 aromatic carbocycles. The molecule has 0 radical (unpaired) electrons. The molecule has 3 aromatic rings. The quantitative estimate of drug-likeness (QED) is 0.480. The van der Waals surface area contributed by atoms with Gasteiger partial charge in [-0.15, -0.1) is 0 Å². The molecule has 2 aromatic heterocycles. The van der Waals surface area contributed by atoms with Gasteiger partial charge in [-0.3, -0.25) is 9.59 Å². The number of rotatable bonds is 6. The number of halogens is 1. The number of H-pyrrole nitrogens is 1. The summed E-state index contributed by atoms with van der Waals surface area (Å²) in [5.74, 6) is -0.454. The molecular weight excluding hydrogens is 439 g/mol. The second-order valence-corrected chi connectivity index (χ2v) is 8.82. The first-order valence-corrected chi connectivity index (χ1v) is 10.9. The molecular formula is C24H27FN6O3. The maximum Gasteiger partial charge on any atom is 0.255 e. The number of hydrogen-bond acceptors (Lipinski definition) is 6. The molecule has 3 heterocycles. The average molecular weight is 467 g/mol. The Morgan fingerprint density at radius 1 is 1.38 bits per heavy atom. The molecule has 4 rings (SSSR count). The van der Waals surface area contributed by atoms with Crippen molar-refractivity contribution < 1.29 is 19.1 Å². The lowest BCUT2D eigenvalue weighted by Gasteiger charge is -2.47. The standard InChI is InChI=1S/C24H27FN6O3/c1-4-20(33)31-9-8-30(14-24(31,2)3)19-12-27-22-21(29-19)17(11-26-22)23(34)28-18(13-32)15-6-5-7-16(25)10-15/h4-7,10-12,18,32H,1,8-9,13-14H2,2-3H3,(H,26,27)(H,28,34)/t18-/m0/s1. The molecule has 3 N–H and O–H groups in total. The maximum absolute atomic E-state index is 13.6. The van der Waals surface area contributed by atoms with Gasteiger partial charge in [0.15, 0.2) is 5.65 Å². The van der Waals surface area contributed by atoms with E-state index in [1.165, 1.54) is 30.5 Å². The summed E-state index contributed by atoms with van der Waals surface area (Å²) in [7, 11) is 0. The smallest absolute Gasteiger partial charge is 0.255 e. The van der Waals surface area contributed by atoms with Crippen LogP contribution in [-0.4, -0.2) is 68.6 Å². The van der Waals surface area contributed by atoms with E-state index in [0.717, 1.165) is 0 Å². The van der Waals surface area contributed by atoms with E-state index in [0.29, 0.717) is 42.2 Å². The van der Waals surface area contributed by atoms with Crippen LogP contribution >= 0.6 is 0 Å². The number of benzene rings is 1. The van der Waals surface area contributed by atoms with Crippen LogP contribution in [0.3, 0.4) is 0 Å². The van der Waals surface area contributed by atoms with Gasteiger partial charge in [0.2, 0.25) is 5.91 Å². The van der Waals surface area contributed by atoms with E-state index in [2.05, 4.69) is 26.8 Å². The Kier molecular flexibility index (Phi) is 6.34. The molecule has 178 valence electrons. The van der Waals surface area contributed by atoms with Crippen molar-refractivity contribution in [1.82, 2.24) is 25.2 Å². The van der Waals surface area contributed by atoms with Gasteiger partial charge in [-0.2, -0.15) is 0 Å². The van der Waals surface area contributed by atoms with Gasteiger partial charge >= 0.3 is 0 Å². The van der Waals surface area contributed by atoms with Gasteiger partial charge in [-0.1, -0.05) is 18.7 Å². The predicted molar refractivity (Wildman–Crippen MR) is 126 cm³/mol. The number of aromatic nitrogens is 3. The molecule has 2 amide bonds. The highest BCUT2D eigenvalue weighted by Gasteiger charge is 2.36. The lowest BCUT2D eigenvalue weighted by Crippen LogP contribution is -2.61. The zero-order valence-corrected chi connectivity index (χ0v) is 19.1. The summed E-state index contributed by atoms with van der Waals surface area (Å²) in [6.45, 7) is 8.73. The summed E-state index contributed by atoms with van der Waals surface area (Å²) in [6.07, 6.45) is 4.46. The Morgan fingerprint density at radius 2 is 2.18 bits per heavy atom. The van der Waals surface area contributed by atoms with Crippen molar-refractivity contribution in [2.75, 3.05) is 31.1 Å². The van der Waals surface area contributed by atoms with Gasteiger partial charge in [0.25, 0.3) is 5.91 Å². The first kappa shape index (κ1) is 23.4. The fourth-order valence-electron chi connectivity index (χ4n) is 4.27. The number of piperazine rings is 1. The molecule has 0 saturated carbocycles. The second kappa shape index (κ2) is 9.22. The van der Waals surface area contributed by atoms with E-state index in [-0.39, 0.29) is 11.5 Å². The molecule has 9 nitrogen and oxygen atoms in total. The minimum atomic E-state index is -0.777. The van der Waals surface area contributed by atoms with E-state index in [1.54, 1.807) is 17.2 Å². The Labute approximate surface area is 196 Å². The molecule has 0 spiro atoms. The van der Waals surface area contributed by atoms with Crippen LogP contribution in [0.1, 0.15) is 35.8 Å². The third-order valence-electron chi connectivity index (χ3n) is 6.02. The molecule has 34 heavy (non-hydrogen) atoms. The van der Waals surface area contributed by atoms with Gasteiger partial charge in [-0.05, 0) is 37.6 Å². The normalized spacial score (nSPS) is 16.4. The molecule has 10 heteroatoms. The Bertz CT molecular complexity index is 1240. The summed E-state index contributed by atoms with van der Waals surface area (Å²) < 4.78 is 13.6. The number of nitrogens with one attached hydrogen (secondary N) is 2. The molecule has 1 fully saturated rings. The summed E-state index contributed by atoms with van der Waals surface area (Å²) in [6, 6.07) is 4.95.